The fraction of sp³-hybridized carbons (Fsp3) is 0.400. The van der Waals surface area contributed by atoms with Crippen LogP contribution in [-0.4, -0.2) is 60.9 Å². The summed E-state index contributed by atoms with van der Waals surface area (Å²) in [7, 11) is 0. The Balaban J connectivity index is 1.94. The summed E-state index contributed by atoms with van der Waals surface area (Å²) in [6.45, 7) is 7.01. The number of carbonyl (C=O) groups is 1. The van der Waals surface area contributed by atoms with Gasteiger partial charge in [0.15, 0.2) is 0 Å². The second-order valence-electron chi connectivity index (χ2n) is 7.84. The van der Waals surface area contributed by atoms with Gasteiger partial charge in [-0.3, -0.25) is 0 Å². The molecule has 11 heteroatoms. The molecule has 1 unspecified atom stereocenters. The lowest BCUT2D eigenvalue weighted by molar-refractivity contribution is 0.136. The lowest BCUT2D eigenvalue weighted by Gasteiger charge is -2.39. The number of fused-ring (bicyclic) bond motifs is 1. The van der Waals surface area contributed by atoms with Crippen molar-refractivity contribution in [2.45, 2.75) is 32.9 Å². The number of hydrogen-bond acceptors (Lipinski definition) is 5. The third kappa shape index (κ3) is 3.78. The second-order valence-corrected chi connectivity index (χ2v) is 9.10. The van der Waals surface area contributed by atoms with Crippen molar-refractivity contribution in [1.82, 2.24) is 24.0 Å². The predicted molar refractivity (Wildman–Crippen MR) is 123 cm³/mol. The fourth-order valence-corrected chi connectivity index (χ4v) is 4.44. The fourth-order valence-electron chi connectivity index (χ4n) is 3.94. The van der Waals surface area contributed by atoms with E-state index in [9.17, 15) is 14.7 Å². The van der Waals surface area contributed by atoms with Gasteiger partial charge in [-0.05, 0) is 48.8 Å². The average molecular weight is 510 g/mol. The van der Waals surface area contributed by atoms with Gasteiger partial charge in [-0.2, -0.15) is 4.98 Å². The Labute approximate surface area is 192 Å². The molecular weight excluding hydrogens is 488 g/mol. The Bertz CT molecular complexity index is 1220. The highest BCUT2D eigenvalue weighted by Gasteiger charge is 2.30. The monoisotopic (exact) mass is 508 g/mol. The average Bonchev–Trinajstić information content (AvgIpc) is 3.18. The molecule has 2 aromatic heterocycles. The molecule has 1 saturated heterocycles. The minimum absolute atomic E-state index is 0.0963. The van der Waals surface area contributed by atoms with Gasteiger partial charge in [0.25, 0.3) is 0 Å². The molecule has 0 spiro atoms. The van der Waals surface area contributed by atoms with E-state index < -0.39 is 11.8 Å². The summed E-state index contributed by atoms with van der Waals surface area (Å²) in [6.07, 6.45) is 2.52. The molecule has 0 bridgehead atoms. The number of benzene rings is 1. The van der Waals surface area contributed by atoms with Crippen molar-refractivity contribution in [3.8, 4) is 5.95 Å². The van der Waals surface area contributed by atoms with Crippen molar-refractivity contribution < 1.29 is 9.90 Å². The number of amides is 1. The van der Waals surface area contributed by atoms with Gasteiger partial charge >= 0.3 is 11.8 Å². The number of nitrogens with zero attached hydrogens (tertiary/aromatic N) is 6. The standard InChI is InChI=1S/C20H22BrClN6O3/c1-11(2)26-5-4-23-18(26)28-16-9-14(21)15(22)8-13(16)17(24-19(28)29)27-7-6-25(20(30)31)10-12(27)3/h4-5,8-9,11-12H,6-7,10H2,1-3H3,(H,30,31). The van der Waals surface area contributed by atoms with Gasteiger partial charge in [0.2, 0.25) is 5.95 Å². The van der Waals surface area contributed by atoms with E-state index in [4.69, 9.17) is 11.6 Å². The molecule has 9 nitrogen and oxygen atoms in total. The first kappa shape index (κ1) is 21.6. The number of aromatic nitrogens is 4. The lowest BCUT2D eigenvalue weighted by Crippen LogP contribution is -2.54. The largest absolute Gasteiger partial charge is 0.465 e. The van der Waals surface area contributed by atoms with E-state index in [0.29, 0.717) is 51.8 Å². The number of imidazole rings is 1. The van der Waals surface area contributed by atoms with Gasteiger partial charge in [-0.1, -0.05) is 11.6 Å². The molecule has 0 aliphatic carbocycles. The van der Waals surface area contributed by atoms with Crippen LogP contribution in [0, 0.1) is 0 Å². The Kier molecular flexibility index (Phi) is 5.69. The van der Waals surface area contributed by atoms with E-state index in [2.05, 4.69) is 25.9 Å². The Morgan fingerprint density at radius 3 is 2.71 bits per heavy atom. The molecular formula is C20H22BrClN6O3. The third-order valence-corrected chi connectivity index (χ3v) is 6.68. The number of piperazine rings is 1. The van der Waals surface area contributed by atoms with Gasteiger partial charge in [0.1, 0.15) is 5.82 Å². The molecule has 1 atom stereocenters. The van der Waals surface area contributed by atoms with E-state index in [1.807, 2.05) is 36.4 Å². The number of hydrogen-bond donors (Lipinski definition) is 1. The van der Waals surface area contributed by atoms with Crippen LogP contribution in [0.25, 0.3) is 16.9 Å². The van der Waals surface area contributed by atoms with Crippen LogP contribution in [-0.2, 0) is 0 Å². The van der Waals surface area contributed by atoms with Crippen molar-refractivity contribution >= 4 is 50.3 Å². The molecule has 1 amide bonds. The molecule has 1 aliphatic rings. The highest BCUT2D eigenvalue weighted by atomic mass is 79.9. The molecule has 164 valence electrons. The molecule has 0 saturated carbocycles. The molecule has 1 fully saturated rings. The number of halogens is 2. The van der Waals surface area contributed by atoms with Crippen LogP contribution in [0.5, 0.6) is 0 Å². The highest BCUT2D eigenvalue weighted by Crippen LogP contribution is 2.34. The molecule has 4 rings (SSSR count). The highest BCUT2D eigenvalue weighted by molar-refractivity contribution is 9.10. The topological polar surface area (TPSA) is 96.5 Å². The zero-order valence-electron chi connectivity index (χ0n) is 17.3. The van der Waals surface area contributed by atoms with Crippen LogP contribution >= 0.6 is 27.5 Å². The summed E-state index contributed by atoms with van der Waals surface area (Å²) >= 11 is 9.87. The smallest absolute Gasteiger partial charge is 0.407 e. The summed E-state index contributed by atoms with van der Waals surface area (Å²) in [5.41, 5.74) is 0.157. The van der Waals surface area contributed by atoms with Crippen molar-refractivity contribution in [3.05, 3.63) is 44.5 Å². The zero-order valence-corrected chi connectivity index (χ0v) is 19.6. The summed E-state index contributed by atoms with van der Waals surface area (Å²) in [6, 6.07) is 3.51. The molecule has 1 aromatic carbocycles. The third-order valence-electron chi connectivity index (χ3n) is 5.49. The van der Waals surface area contributed by atoms with Crippen LogP contribution in [0.3, 0.4) is 0 Å². The van der Waals surface area contributed by atoms with Crippen LogP contribution in [0.1, 0.15) is 26.8 Å². The molecule has 1 aliphatic heterocycles. The van der Waals surface area contributed by atoms with Crippen molar-refractivity contribution in [3.63, 3.8) is 0 Å². The van der Waals surface area contributed by atoms with Gasteiger partial charge < -0.3 is 19.5 Å². The summed E-state index contributed by atoms with van der Waals surface area (Å²) < 4.78 is 4.04. The molecule has 3 aromatic rings. The second kappa shape index (κ2) is 8.16. The molecule has 1 N–H and O–H groups in total. The summed E-state index contributed by atoms with van der Waals surface area (Å²) in [5, 5.41) is 10.5. The van der Waals surface area contributed by atoms with Crippen LogP contribution < -0.4 is 10.6 Å². The first-order valence-electron chi connectivity index (χ1n) is 9.88. The van der Waals surface area contributed by atoms with E-state index in [1.165, 1.54) is 9.47 Å². The van der Waals surface area contributed by atoms with Crippen molar-refractivity contribution in [2.75, 3.05) is 24.5 Å². The minimum Gasteiger partial charge on any atom is -0.465 e. The molecule has 0 radical (unpaired) electrons. The van der Waals surface area contributed by atoms with Crippen LogP contribution in [0.15, 0.2) is 33.8 Å². The van der Waals surface area contributed by atoms with E-state index >= 15 is 0 Å². The van der Waals surface area contributed by atoms with Crippen LogP contribution in [0.4, 0.5) is 10.6 Å². The van der Waals surface area contributed by atoms with Crippen molar-refractivity contribution in [1.29, 1.82) is 0 Å². The van der Waals surface area contributed by atoms with Gasteiger partial charge in [-0.25, -0.2) is 19.1 Å². The number of anilines is 1. The van der Waals surface area contributed by atoms with Gasteiger partial charge in [0.05, 0.1) is 10.5 Å². The maximum atomic E-state index is 13.3. The lowest BCUT2D eigenvalue weighted by atomic mass is 10.1. The van der Waals surface area contributed by atoms with Crippen molar-refractivity contribution in [2.24, 2.45) is 0 Å². The van der Waals surface area contributed by atoms with E-state index in [1.54, 1.807) is 18.3 Å². The number of rotatable bonds is 3. The van der Waals surface area contributed by atoms with Gasteiger partial charge in [0, 0.05) is 54.0 Å². The SMILES string of the molecule is CC1CN(C(=O)O)CCN1c1nc(=O)n(-c2nccn2C(C)C)c2cc(Br)c(Cl)cc12. The predicted octanol–water partition coefficient (Wildman–Crippen LogP) is 3.77. The first-order chi connectivity index (χ1) is 14.7. The summed E-state index contributed by atoms with van der Waals surface area (Å²) in [4.78, 5) is 36.8. The van der Waals surface area contributed by atoms with Gasteiger partial charge in [-0.15, -0.1) is 0 Å². The van der Waals surface area contributed by atoms with E-state index in [-0.39, 0.29) is 12.1 Å². The Hall–Kier alpha value is -2.59. The normalized spacial score (nSPS) is 17.0. The first-order valence-corrected chi connectivity index (χ1v) is 11.1. The molecule has 31 heavy (non-hydrogen) atoms. The Morgan fingerprint density at radius 1 is 1.32 bits per heavy atom. The minimum atomic E-state index is -0.952. The quantitative estimate of drug-likeness (QED) is 0.577. The maximum absolute atomic E-state index is 13.3. The zero-order chi connectivity index (χ0) is 22.4. The Morgan fingerprint density at radius 2 is 2.06 bits per heavy atom. The van der Waals surface area contributed by atoms with E-state index in [0.717, 1.165) is 0 Å². The molecule has 3 heterocycles. The van der Waals surface area contributed by atoms with Crippen LogP contribution in [0.2, 0.25) is 5.02 Å². The maximum Gasteiger partial charge on any atom is 0.407 e. The number of carboxylic acid groups (broad SMARTS) is 1. The summed E-state index contributed by atoms with van der Waals surface area (Å²) in [5.74, 6) is 0.966.